The van der Waals surface area contributed by atoms with Crippen LogP contribution in [0.1, 0.15) is 19.5 Å². The van der Waals surface area contributed by atoms with Gasteiger partial charge in [-0.1, -0.05) is 0 Å². The normalized spacial score (nSPS) is 13.3. The van der Waals surface area contributed by atoms with Crippen molar-refractivity contribution in [2.75, 3.05) is 0 Å². The maximum atomic E-state index is 12.3. The fourth-order valence-corrected chi connectivity index (χ4v) is 2.37. The molecule has 0 saturated carbocycles. The van der Waals surface area contributed by atoms with Crippen LogP contribution in [0, 0.1) is 0 Å². The lowest BCUT2D eigenvalue weighted by Crippen LogP contribution is -2.40. The second-order valence-corrected chi connectivity index (χ2v) is 6.69. The molecule has 5 nitrogen and oxygen atoms in total. The average molecular weight is 297 g/mol. The number of rotatable bonds is 3. The Morgan fingerprint density at radius 1 is 1.26 bits per heavy atom. The van der Waals surface area contributed by atoms with E-state index in [9.17, 15) is 26.4 Å². The maximum absolute atomic E-state index is 12.3. The van der Waals surface area contributed by atoms with Gasteiger partial charge in [-0.05, 0) is 26.0 Å². The largest absolute Gasteiger partial charge is 0.480 e. The highest BCUT2D eigenvalue weighted by atomic mass is 32.2. The summed E-state index contributed by atoms with van der Waals surface area (Å²) in [5.74, 6) is -1.60. The van der Waals surface area contributed by atoms with Gasteiger partial charge in [0.05, 0.1) is 4.90 Å². The molecule has 0 saturated heterocycles. The third-order valence-corrected chi connectivity index (χ3v) is 4.90. The molecule has 0 atom stereocenters. The molecule has 9 heteroatoms. The van der Waals surface area contributed by atoms with Gasteiger partial charge < -0.3 is 5.11 Å². The Bertz CT molecular complexity index is 590. The van der Waals surface area contributed by atoms with Crippen LogP contribution in [0.15, 0.2) is 23.2 Å². The van der Waals surface area contributed by atoms with Crippen molar-refractivity contribution in [3.8, 4) is 0 Å². The van der Waals surface area contributed by atoms with Crippen LogP contribution < -0.4 is 0 Å². The Kier molecular flexibility index (Phi) is 3.63. The number of aromatic nitrogens is 1. The van der Waals surface area contributed by atoms with E-state index in [1.54, 1.807) is 0 Å². The minimum Gasteiger partial charge on any atom is -0.480 e. The molecule has 0 aliphatic heterocycles. The van der Waals surface area contributed by atoms with Gasteiger partial charge in [0.15, 0.2) is 14.6 Å². The molecule has 1 rings (SSSR count). The van der Waals surface area contributed by atoms with E-state index < -0.39 is 37.3 Å². The molecule has 1 aromatic heterocycles. The smallest absolute Gasteiger partial charge is 0.433 e. The Hall–Kier alpha value is -1.64. The van der Waals surface area contributed by atoms with Crippen LogP contribution >= 0.6 is 0 Å². The van der Waals surface area contributed by atoms with Crippen molar-refractivity contribution in [1.29, 1.82) is 0 Å². The lowest BCUT2D eigenvalue weighted by Gasteiger charge is -2.19. The van der Waals surface area contributed by atoms with E-state index in [1.807, 2.05) is 0 Å². The van der Waals surface area contributed by atoms with E-state index in [1.165, 1.54) is 0 Å². The second kappa shape index (κ2) is 4.48. The summed E-state index contributed by atoms with van der Waals surface area (Å²) in [5.41, 5.74) is -1.25. The summed E-state index contributed by atoms with van der Waals surface area (Å²) >= 11 is 0. The molecule has 0 aliphatic carbocycles. The van der Waals surface area contributed by atoms with Crippen LogP contribution in [0.5, 0.6) is 0 Å². The topological polar surface area (TPSA) is 84.3 Å². The number of alkyl halides is 3. The first-order chi connectivity index (χ1) is 8.40. The molecule has 1 N–H and O–H groups in total. The van der Waals surface area contributed by atoms with Crippen LogP contribution in [0.2, 0.25) is 0 Å². The minimum absolute atomic E-state index is 0.491. The first-order valence-corrected chi connectivity index (χ1v) is 6.40. The SMILES string of the molecule is CC(C)(C(=O)O)S(=O)(=O)c1ccc(C(F)(F)F)nc1. The second-order valence-electron chi connectivity index (χ2n) is 4.20. The van der Waals surface area contributed by atoms with Gasteiger partial charge in [-0.15, -0.1) is 0 Å². The highest BCUT2D eigenvalue weighted by Crippen LogP contribution is 2.30. The van der Waals surface area contributed by atoms with E-state index >= 15 is 0 Å². The molecular formula is C10H10F3NO4S. The number of carbonyl (C=O) groups is 1. The lowest BCUT2D eigenvalue weighted by atomic mass is 10.2. The van der Waals surface area contributed by atoms with Gasteiger partial charge in [0.2, 0.25) is 0 Å². The molecule has 0 unspecified atom stereocenters. The van der Waals surface area contributed by atoms with Crippen molar-refractivity contribution in [1.82, 2.24) is 4.98 Å². The summed E-state index contributed by atoms with van der Waals surface area (Å²) in [6.45, 7) is 1.89. The third-order valence-electron chi connectivity index (χ3n) is 2.52. The van der Waals surface area contributed by atoms with E-state index in [0.29, 0.717) is 18.3 Å². The monoisotopic (exact) mass is 297 g/mol. The number of sulfone groups is 1. The van der Waals surface area contributed by atoms with Gasteiger partial charge in [0.25, 0.3) is 0 Å². The zero-order valence-corrected chi connectivity index (χ0v) is 10.7. The highest BCUT2D eigenvalue weighted by molar-refractivity contribution is 7.93. The van der Waals surface area contributed by atoms with Gasteiger partial charge >= 0.3 is 12.1 Å². The predicted octanol–water partition coefficient (Wildman–Crippen LogP) is 1.74. The lowest BCUT2D eigenvalue weighted by molar-refractivity contribution is -0.141. The number of carboxylic acid groups (broad SMARTS) is 1. The van der Waals surface area contributed by atoms with E-state index in [2.05, 4.69) is 4.98 Å². The zero-order valence-electron chi connectivity index (χ0n) is 9.89. The Balaban J connectivity index is 3.29. The molecule has 0 bridgehead atoms. The molecule has 0 fully saturated rings. The summed E-state index contributed by atoms with van der Waals surface area (Å²) in [5, 5.41) is 8.84. The van der Waals surface area contributed by atoms with Crippen molar-refractivity contribution in [3.05, 3.63) is 24.0 Å². The first-order valence-electron chi connectivity index (χ1n) is 4.92. The van der Waals surface area contributed by atoms with Crippen molar-refractivity contribution < 1.29 is 31.5 Å². The number of hydrogen-bond donors (Lipinski definition) is 1. The van der Waals surface area contributed by atoms with Crippen molar-refractivity contribution in [2.24, 2.45) is 0 Å². The fourth-order valence-electron chi connectivity index (χ4n) is 1.12. The first kappa shape index (κ1) is 15.4. The molecule has 106 valence electrons. The number of carboxylic acids is 1. The van der Waals surface area contributed by atoms with Gasteiger partial charge in [0, 0.05) is 6.20 Å². The Labute approximate surface area is 107 Å². The fraction of sp³-hybridized carbons (Fsp3) is 0.400. The molecule has 0 radical (unpaired) electrons. The summed E-state index contributed by atoms with van der Waals surface area (Å²) in [6.07, 6.45) is -4.19. The number of hydrogen-bond acceptors (Lipinski definition) is 4. The molecule has 19 heavy (non-hydrogen) atoms. The minimum atomic E-state index is -4.69. The Morgan fingerprint density at radius 3 is 2.11 bits per heavy atom. The van der Waals surface area contributed by atoms with Crippen LogP contribution in [0.3, 0.4) is 0 Å². The molecule has 1 heterocycles. The van der Waals surface area contributed by atoms with Crippen molar-refractivity contribution >= 4 is 15.8 Å². The van der Waals surface area contributed by atoms with E-state index in [0.717, 1.165) is 13.8 Å². The molecule has 0 aromatic carbocycles. The van der Waals surface area contributed by atoms with Crippen LogP contribution in [0.4, 0.5) is 13.2 Å². The summed E-state index contributed by atoms with van der Waals surface area (Å²) in [4.78, 5) is 13.3. The van der Waals surface area contributed by atoms with Gasteiger partial charge in [0.1, 0.15) is 5.69 Å². The standard InChI is InChI=1S/C10H10F3NO4S/c1-9(2,8(15)16)19(17,18)6-3-4-7(14-5-6)10(11,12)13/h3-5H,1-2H3,(H,15,16). The molecular weight excluding hydrogens is 287 g/mol. The van der Waals surface area contributed by atoms with Crippen LogP contribution in [-0.4, -0.2) is 29.2 Å². The van der Waals surface area contributed by atoms with Crippen LogP contribution in [0.25, 0.3) is 0 Å². The quantitative estimate of drug-likeness (QED) is 0.918. The number of halogens is 3. The number of aliphatic carboxylic acids is 1. The van der Waals surface area contributed by atoms with Gasteiger partial charge in [-0.25, -0.2) is 8.42 Å². The van der Waals surface area contributed by atoms with E-state index in [-0.39, 0.29) is 0 Å². The van der Waals surface area contributed by atoms with Crippen molar-refractivity contribution in [2.45, 2.75) is 29.7 Å². The molecule has 0 aliphatic rings. The summed E-state index contributed by atoms with van der Waals surface area (Å²) in [7, 11) is -4.33. The highest BCUT2D eigenvalue weighted by Gasteiger charge is 2.43. The molecule has 0 spiro atoms. The summed E-state index contributed by atoms with van der Waals surface area (Å²) < 4.78 is 58.6. The van der Waals surface area contributed by atoms with Crippen molar-refractivity contribution in [3.63, 3.8) is 0 Å². The van der Waals surface area contributed by atoms with E-state index in [4.69, 9.17) is 5.11 Å². The van der Waals surface area contributed by atoms with Gasteiger partial charge in [-0.3, -0.25) is 9.78 Å². The maximum Gasteiger partial charge on any atom is 0.433 e. The number of pyridine rings is 1. The molecule has 0 amide bonds. The molecule has 1 aromatic rings. The number of nitrogens with zero attached hydrogens (tertiary/aromatic N) is 1. The average Bonchev–Trinajstić information content (AvgIpc) is 2.27. The Morgan fingerprint density at radius 2 is 1.79 bits per heavy atom. The van der Waals surface area contributed by atoms with Gasteiger partial charge in [-0.2, -0.15) is 13.2 Å². The summed E-state index contributed by atoms with van der Waals surface area (Å²) in [6, 6.07) is 1.18. The zero-order chi connectivity index (χ0) is 15.1. The third kappa shape index (κ3) is 2.70. The predicted molar refractivity (Wildman–Crippen MR) is 58.1 cm³/mol. The van der Waals surface area contributed by atoms with Crippen LogP contribution in [-0.2, 0) is 20.8 Å².